The third-order valence-corrected chi connectivity index (χ3v) is 2.54. The number of cyclic esters (lactones) is 3. The fraction of sp³-hybridized carbons (Fsp3) is 0.750. The van der Waals surface area contributed by atoms with Gasteiger partial charge in [0.1, 0.15) is 0 Å². The van der Waals surface area contributed by atoms with E-state index < -0.39 is 24.1 Å². The van der Waals surface area contributed by atoms with Gasteiger partial charge in [-0.05, 0) is 33.1 Å². The van der Waals surface area contributed by atoms with Crippen LogP contribution in [0.15, 0.2) is 0 Å². The molecule has 2 rings (SSSR count). The minimum Gasteiger partial charge on any atom is -0.466 e. The maximum absolute atomic E-state index is 10.7. The summed E-state index contributed by atoms with van der Waals surface area (Å²) in [6.45, 7) is 3.59. The van der Waals surface area contributed by atoms with Gasteiger partial charge in [-0.1, -0.05) is 0 Å². The first-order valence-corrected chi connectivity index (χ1v) is 6.07. The van der Waals surface area contributed by atoms with Gasteiger partial charge in [-0.25, -0.2) is 9.59 Å². The largest absolute Gasteiger partial charge is 0.466 e. The first kappa shape index (κ1) is 14.5. The van der Waals surface area contributed by atoms with Gasteiger partial charge < -0.3 is 14.2 Å². The molecule has 0 aromatic heterocycles. The Hall–Kier alpha value is -1.59. The Kier molecular flexibility index (Phi) is 5.61. The van der Waals surface area contributed by atoms with Crippen LogP contribution in [0.4, 0.5) is 0 Å². The van der Waals surface area contributed by atoms with E-state index in [1.807, 2.05) is 0 Å². The summed E-state index contributed by atoms with van der Waals surface area (Å²) in [7, 11) is 0. The molecule has 2 saturated heterocycles. The summed E-state index contributed by atoms with van der Waals surface area (Å²) in [5.41, 5.74) is 0. The second-order valence-corrected chi connectivity index (χ2v) is 4.19. The summed E-state index contributed by atoms with van der Waals surface area (Å²) in [6, 6.07) is 0. The summed E-state index contributed by atoms with van der Waals surface area (Å²) in [5.74, 6) is -0.985. The van der Waals surface area contributed by atoms with Gasteiger partial charge >= 0.3 is 17.9 Å². The van der Waals surface area contributed by atoms with E-state index in [9.17, 15) is 14.4 Å². The molecule has 102 valence electrons. The maximum atomic E-state index is 10.7. The van der Waals surface area contributed by atoms with Crippen molar-refractivity contribution in [2.24, 2.45) is 0 Å². The van der Waals surface area contributed by atoms with Gasteiger partial charge in [0.25, 0.3) is 0 Å². The van der Waals surface area contributed by atoms with Crippen LogP contribution in [0, 0.1) is 0 Å². The lowest BCUT2D eigenvalue weighted by molar-refractivity contribution is -0.191. The van der Waals surface area contributed by atoms with Crippen LogP contribution in [0.25, 0.3) is 0 Å². The molecular weight excluding hydrogens is 240 g/mol. The molecular formula is C12H18O6. The normalized spacial score (nSPS) is 28.0. The Bertz CT molecular complexity index is 295. The lowest BCUT2D eigenvalue weighted by Crippen LogP contribution is -2.40. The molecule has 0 radical (unpaired) electrons. The van der Waals surface area contributed by atoms with Crippen molar-refractivity contribution in [3.05, 3.63) is 0 Å². The standard InChI is InChI=1S/C6H8O4.C6H10O2/c1-3-5(7)10-4(2)6(8)9-3;7-6-4-2-1-3-5-8-6/h3-4H,1-2H3;1-5H2/t3-,4-;/m0./s1. The summed E-state index contributed by atoms with van der Waals surface area (Å²) in [6.07, 6.45) is 2.34. The van der Waals surface area contributed by atoms with E-state index in [0.717, 1.165) is 19.3 Å². The molecule has 0 aromatic rings. The average molecular weight is 258 g/mol. The van der Waals surface area contributed by atoms with E-state index in [1.54, 1.807) is 0 Å². The van der Waals surface area contributed by atoms with Gasteiger partial charge in [0, 0.05) is 6.42 Å². The van der Waals surface area contributed by atoms with Crippen LogP contribution in [0.2, 0.25) is 0 Å². The lowest BCUT2D eigenvalue weighted by Gasteiger charge is -2.22. The van der Waals surface area contributed by atoms with Gasteiger partial charge in [-0.2, -0.15) is 0 Å². The molecule has 2 aliphatic heterocycles. The highest BCUT2D eigenvalue weighted by Gasteiger charge is 2.32. The second-order valence-electron chi connectivity index (χ2n) is 4.19. The van der Waals surface area contributed by atoms with Crippen molar-refractivity contribution in [1.82, 2.24) is 0 Å². The number of hydrogen-bond donors (Lipinski definition) is 0. The minimum absolute atomic E-state index is 0.0255. The number of esters is 3. The lowest BCUT2D eigenvalue weighted by atomic mass is 10.2. The molecule has 2 fully saturated rings. The Morgan fingerprint density at radius 2 is 1.44 bits per heavy atom. The molecule has 0 amide bonds. The van der Waals surface area contributed by atoms with Gasteiger partial charge in [0.15, 0.2) is 12.2 Å². The molecule has 2 atom stereocenters. The van der Waals surface area contributed by atoms with E-state index in [4.69, 9.17) is 4.74 Å². The molecule has 6 nitrogen and oxygen atoms in total. The fourth-order valence-electron chi connectivity index (χ4n) is 1.44. The highest BCUT2D eigenvalue weighted by Crippen LogP contribution is 2.08. The number of rotatable bonds is 0. The van der Waals surface area contributed by atoms with Crippen molar-refractivity contribution in [3.8, 4) is 0 Å². The molecule has 2 aliphatic rings. The van der Waals surface area contributed by atoms with Crippen LogP contribution >= 0.6 is 0 Å². The monoisotopic (exact) mass is 258 g/mol. The van der Waals surface area contributed by atoms with E-state index >= 15 is 0 Å². The zero-order valence-electron chi connectivity index (χ0n) is 10.6. The van der Waals surface area contributed by atoms with E-state index in [2.05, 4.69) is 9.47 Å². The Morgan fingerprint density at radius 1 is 0.889 bits per heavy atom. The highest BCUT2D eigenvalue weighted by molar-refractivity contribution is 5.86. The molecule has 0 spiro atoms. The van der Waals surface area contributed by atoms with Crippen molar-refractivity contribution in [3.63, 3.8) is 0 Å². The van der Waals surface area contributed by atoms with Crippen molar-refractivity contribution in [1.29, 1.82) is 0 Å². The van der Waals surface area contributed by atoms with Crippen LogP contribution in [0.1, 0.15) is 39.5 Å². The summed E-state index contributed by atoms with van der Waals surface area (Å²) < 4.78 is 14.0. The maximum Gasteiger partial charge on any atom is 0.347 e. The molecule has 0 N–H and O–H groups in total. The zero-order chi connectivity index (χ0) is 13.5. The first-order valence-electron chi connectivity index (χ1n) is 6.07. The molecule has 0 aliphatic carbocycles. The third-order valence-electron chi connectivity index (χ3n) is 2.54. The van der Waals surface area contributed by atoms with Crippen molar-refractivity contribution >= 4 is 17.9 Å². The molecule has 18 heavy (non-hydrogen) atoms. The van der Waals surface area contributed by atoms with E-state index in [-0.39, 0.29) is 5.97 Å². The summed E-state index contributed by atoms with van der Waals surface area (Å²) >= 11 is 0. The van der Waals surface area contributed by atoms with Crippen LogP contribution in [0.5, 0.6) is 0 Å². The van der Waals surface area contributed by atoms with Gasteiger partial charge in [0.05, 0.1) is 6.61 Å². The quantitative estimate of drug-likeness (QED) is 0.476. The molecule has 0 bridgehead atoms. The Balaban J connectivity index is 0.000000184. The topological polar surface area (TPSA) is 78.9 Å². The molecule has 2 heterocycles. The minimum atomic E-state index is -0.747. The number of ether oxygens (including phenoxy) is 3. The van der Waals surface area contributed by atoms with E-state index in [0.29, 0.717) is 13.0 Å². The molecule has 0 aromatic carbocycles. The fourth-order valence-corrected chi connectivity index (χ4v) is 1.44. The number of hydrogen-bond acceptors (Lipinski definition) is 6. The van der Waals surface area contributed by atoms with Crippen molar-refractivity contribution in [2.75, 3.05) is 6.61 Å². The van der Waals surface area contributed by atoms with Crippen LogP contribution < -0.4 is 0 Å². The van der Waals surface area contributed by atoms with Gasteiger partial charge in [-0.15, -0.1) is 0 Å². The van der Waals surface area contributed by atoms with Crippen molar-refractivity contribution < 1.29 is 28.6 Å². The average Bonchev–Trinajstić information content (AvgIpc) is 2.55. The summed E-state index contributed by atoms with van der Waals surface area (Å²) in [4.78, 5) is 31.8. The summed E-state index contributed by atoms with van der Waals surface area (Å²) in [5, 5.41) is 0. The highest BCUT2D eigenvalue weighted by atomic mass is 16.6. The first-order chi connectivity index (χ1) is 8.50. The second kappa shape index (κ2) is 6.98. The third kappa shape index (κ3) is 4.73. The number of carbonyl (C=O) groups excluding carboxylic acids is 3. The Morgan fingerprint density at radius 3 is 2.00 bits per heavy atom. The SMILES string of the molecule is C[C@@H]1OC(=O)[C@H](C)OC1=O.O=C1CCCCCO1. The van der Waals surface area contributed by atoms with Gasteiger partial charge in [0.2, 0.25) is 0 Å². The smallest absolute Gasteiger partial charge is 0.347 e. The van der Waals surface area contributed by atoms with Crippen LogP contribution in [-0.2, 0) is 28.6 Å². The van der Waals surface area contributed by atoms with Crippen molar-refractivity contribution in [2.45, 2.75) is 51.7 Å². The predicted molar refractivity (Wildman–Crippen MR) is 60.5 cm³/mol. The zero-order valence-corrected chi connectivity index (χ0v) is 10.6. The van der Waals surface area contributed by atoms with Crippen LogP contribution in [0.3, 0.4) is 0 Å². The molecule has 0 saturated carbocycles. The number of carbonyl (C=O) groups is 3. The van der Waals surface area contributed by atoms with Gasteiger partial charge in [-0.3, -0.25) is 4.79 Å². The predicted octanol–water partition coefficient (Wildman–Crippen LogP) is 0.967. The molecule has 6 heteroatoms. The molecule has 0 unspecified atom stereocenters. The Labute approximate surface area is 106 Å². The van der Waals surface area contributed by atoms with Crippen LogP contribution in [-0.4, -0.2) is 36.7 Å². The van der Waals surface area contributed by atoms with E-state index in [1.165, 1.54) is 13.8 Å².